The van der Waals surface area contributed by atoms with E-state index in [4.69, 9.17) is 5.11 Å². The molecule has 1 heterocycles. The molecule has 4 heteroatoms. The van der Waals surface area contributed by atoms with Gasteiger partial charge < -0.3 is 15.0 Å². The summed E-state index contributed by atoms with van der Waals surface area (Å²) in [7, 11) is 2.00. The van der Waals surface area contributed by atoms with E-state index < -0.39 is 0 Å². The van der Waals surface area contributed by atoms with Crippen molar-refractivity contribution in [3.63, 3.8) is 0 Å². The molecule has 0 spiro atoms. The Morgan fingerprint density at radius 2 is 2.36 bits per heavy atom. The van der Waals surface area contributed by atoms with Crippen molar-refractivity contribution in [2.75, 3.05) is 0 Å². The lowest BCUT2D eigenvalue weighted by atomic mass is 9.89. The molecule has 1 aromatic heterocycles. The van der Waals surface area contributed by atoms with E-state index in [0.717, 1.165) is 18.7 Å². The molecule has 4 nitrogen and oxygen atoms in total. The van der Waals surface area contributed by atoms with E-state index in [1.165, 1.54) is 0 Å². The van der Waals surface area contributed by atoms with Gasteiger partial charge in [-0.3, -0.25) is 0 Å². The highest BCUT2D eigenvalue weighted by molar-refractivity contribution is 4.99. The van der Waals surface area contributed by atoms with Crippen molar-refractivity contribution in [3.05, 3.63) is 18.2 Å². The Morgan fingerprint density at radius 1 is 1.64 bits per heavy atom. The van der Waals surface area contributed by atoms with E-state index >= 15 is 0 Å². The van der Waals surface area contributed by atoms with Gasteiger partial charge in [0.25, 0.3) is 0 Å². The van der Waals surface area contributed by atoms with Crippen LogP contribution in [0.1, 0.15) is 31.6 Å². The van der Waals surface area contributed by atoms with Gasteiger partial charge in [-0.25, -0.2) is 4.98 Å². The quantitative estimate of drug-likeness (QED) is 0.742. The van der Waals surface area contributed by atoms with Crippen LogP contribution in [-0.2, 0) is 7.05 Å². The summed E-state index contributed by atoms with van der Waals surface area (Å²) in [4.78, 5) is 4.28. The number of aromatic nitrogens is 2. The third-order valence-corrected chi connectivity index (χ3v) is 2.84. The summed E-state index contributed by atoms with van der Waals surface area (Å²) >= 11 is 0. The minimum Gasteiger partial charge on any atom is -0.393 e. The van der Waals surface area contributed by atoms with Gasteiger partial charge >= 0.3 is 0 Å². The number of hydrogen-bond acceptors (Lipinski definition) is 3. The highest BCUT2D eigenvalue weighted by Gasteiger charge is 2.28. The SMILES string of the molecule is CC(NC1CC(O)C1)c1nccn1C. The first kappa shape index (κ1) is 9.68. The highest BCUT2D eigenvalue weighted by atomic mass is 16.3. The molecular formula is C10H17N3O. The second-order valence-corrected chi connectivity index (χ2v) is 4.11. The second kappa shape index (κ2) is 3.71. The van der Waals surface area contributed by atoms with E-state index in [1.54, 1.807) is 0 Å². The van der Waals surface area contributed by atoms with Crippen LogP contribution in [-0.4, -0.2) is 26.8 Å². The maximum absolute atomic E-state index is 9.16. The first-order valence-corrected chi connectivity index (χ1v) is 5.08. The van der Waals surface area contributed by atoms with Gasteiger partial charge in [-0.15, -0.1) is 0 Å². The van der Waals surface area contributed by atoms with Crippen molar-refractivity contribution in [1.29, 1.82) is 0 Å². The number of imidazole rings is 1. The van der Waals surface area contributed by atoms with Crippen molar-refractivity contribution < 1.29 is 5.11 Å². The molecule has 0 amide bonds. The molecule has 1 aliphatic rings. The Kier molecular flexibility index (Phi) is 2.56. The summed E-state index contributed by atoms with van der Waals surface area (Å²) in [5.41, 5.74) is 0. The van der Waals surface area contributed by atoms with Gasteiger partial charge in [0.1, 0.15) is 5.82 Å². The van der Waals surface area contributed by atoms with Crippen molar-refractivity contribution in [3.8, 4) is 0 Å². The van der Waals surface area contributed by atoms with Crippen LogP contribution >= 0.6 is 0 Å². The zero-order chi connectivity index (χ0) is 10.1. The Labute approximate surface area is 84.0 Å². The van der Waals surface area contributed by atoms with E-state index in [9.17, 15) is 0 Å². The van der Waals surface area contributed by atoms with Gasteiger partial charge in [-0.05, 0) is 19.8 Å². The van der Waals surface area contributed by atoms with Crippen LogP contribution in [0.2, 0.25) is 0 Å². The third kappa shape index (κ3) is 1.81. The molecule has 0 aromatic carbocycles. The molecule has 0 radical (unpaired) electrons. The van der Waals surface area contributed by atoms with Gasteiger partial charge in [-0.2, -0.15) is 0 Å². The van der Waals surface area contributed by atoms with Gasteiger partial charge in [0.05, 0.1) is 12.1 Å². The lowest BCUT2D eigenvalue weighted by molar-refractivity contribution is 0.0580. The lowest BCUT2D eigenvalue weighted by Gasteiger charge is -2.34. The molecule has 0 aliphatic heterocycles. The Morgan fingerprint density at radius 3 is 2.86 bits per heavy atom. The third-order valence-electron chi connectivity index (χ3n) is 2.84. The first-order valence-electron chi connectivity index (χ1n) is 5.08. The van der Waals surface area contributed by atoms with Gasteiger partial charge in [0.2, 0.25) is 0 Å². The normalized spacial score (nSPS) is 28.5. The average Bonchev–Trinajstić information content (AvgIpc) is 2.48. The maximum Gasteiger partial charge on any atom is 0.125 e. The zero-order valence-electron chi connectivity index (χ0n) is 8.64. The van der Waals surface area contributed by atoms with Gasteiger partial charge in [0, 0.05) is 25.5 Å². The molecule has 2 N–H and O–H groups in total. The number of nitrogens with zero attached hydrogens (tertiary/aromatic N) is 2. The van der Waals surface area contributed by atoms with Crippen LogP contribution in [0, 0.1) is 0 Å². The molecular weight excluding hydrogens is 178 g/mol. The molecule has 14 heavy (non-hydrogen) atoms. The summed E-state index contributed by atoms with van der Waals surface area (Å²) in [5.74, 6) is 1.05. The summed E-state index contributed by atoms with van der Waals surface area (Å²) in [6, 6.07) is 0.712. The largest absolute Gasteiger partial charge is 0.393 e. The fraction of sp³-hybridized carbons (Fsp3) is 0.700. The Balaban J connectivity index is 1.90. The maximum atomic E-state index is 9.16. The Hall–Kier alpha value is -0.870. The number of aliphatic hydroxyl groups excluding tert-OH is 1. The predicted molar refractivity (Wildman–Crippen MR) is 53.8 cm³/mol. The van der Waals surface area contributed by atoms with Crippen LogP contribution in [0.4, 0.5) is 0 Å². The molecule has 0 bridgehead atoms. The van der Waals surface area contributed by atoms with Crippen LogP contribution < -0.4 is 5.32 Å². The van der Waals surface area contributed by atoms with Gasteiger partial charge in [0.15, 0.2) is 0 Å². The molecule has 1 atom stereocenters. The number of rotatable bonds is 3. The zero-order valence-corrected chi connectivity index (χ0v) is 8.64. The standard InChI is InChI=1S/C10H17N3O/c1-7(10-11-3-4-13(10)2)12-8-5-9(14)6-8/h3-4,7-9,12,14H,5-6H2,1-2H3. The molecule has 1 aromatic rings. The van der Waals surface area contributed by atoms with E-state index in [-0.39, 0.29) is 12.1 Å². The van der Waals surface area contributed by atoms with Crippen molar-refractivity contribution in [2.24, 2.45) is 7.05 Å². The van der Waals surface area contributed by atoms with Crippen LogP contribution in [0.15, 0.2) is 12.4 Å². The van der Waals surface area contributed by atoms with E-state index in [0.29, 0.717) is 6.04 Å². The molecule has 78 valence electrons. The van der Waals surface area contributed by atoms with E-state index in [2.05, 4.69) is 17.2 Å². The molecule has 1 aliphatic carbocycles. The molecule has 0 saturated heterocycles. The Bertz CT molecular complexity index is 304. The molecule has 2 rings (SSSR count). The van der Waals surface area contributed by atoms with E-state index in [1.807, 2.05) is 24.0 Å². The summed E-state index contributed by atoms with van der Waals surface area (Å²) < 4.78 is 2.02. The topological polar surface area (TPSA) is 50.1 Å². The number of aliphatic hydroxyl groups is 1. The summed E-state index contributed by atoms with van der Waals surface area (Å²) in [6.45, 7) is 2.10. The van der Waals surface area contributed by atoms with Crippen molar-refractivity contribution in [2.45, 2.75) is 38.0 Å². The van der Waals surface area contributed by atoms with Crippen LogP contribution in [0.3, 0.4) is 0 Å². The van der Waals surface area contributed by atoms with Gasteiger partial charge in [-0.1, -0.05) is 0 Å². The minimum absolute atomic E-state index is 0.0962. The summed E-state index contributed by atoms with van der Waals surface area (Å²) in [6.07, 6.45) is 5.40. The smallest absolute Gasteiger partial charge is 0.125 e. The highest BCUT2D eigenvalue weighted by Crippen LogP contribution is 2.22. The number of hydrogen-bond donors (Lipinski definition) is 2. The van der Waals surface area contributed by atoms with Crippen LogP contribution in [0.25, 0.3) is 0 Å². The predicted octanol–water partition coefficient (Wildman–Crippen LogP) is 0.594. The molecule has 1 saturated carbocycles. The summed E-state index contributed by atoms with van der Waals surface area (Å²) in [5, 5.41) is 12.6. The fourth-order valence-corrected chi connectivity index (χ4v) is 1.95. The first-order chi connectivity index (χ1) is 6.66. The molecule has 1 unspecified atom stereocenters. The molecule has 1 fully saturated rings. The average molecular weight is 195 g/mol. The minimum atomic E-state index is -0.0962. The monoisotopic (exact) mass is 195 g/mol. The van der Waals surface area contributed by atoms with Crippen molar-refractivity contribution >= 4 is 0 Å². The van der Waals surface area contributed by atoms with Crippen LogP contribution in [0.5, 0.6) is 0 Å². The number of nitrogens with one attached hydrogen (secondary N) is 1. The number of aryl methyl sites for hydroxylation is 1. The fourth-order valence-electron chi connectivity index (χ4n) is 1.95. The lowest BCUT2D eigenvalue weighted by Crippen LogP contribution is -2.45. The van der Waals surface area contributed by atoms with Crippen molar-refractivity contribution in [1.82, 2.24) is 14.9 Å². The second-order valence-electron chi connectivity index (χ2n) is 4.11.